The van der Waals surface area contributed by atoms with Gasteiger partial charge in [0.25, 0.3) is 4.90 Å². The fourth-order valence-electron chi connectivity index (χ4n) is 3.56. The van der Waals surface area contributed by atoms with Crippen LogP contribution < -0.4 is 56.4 Å². The van der Waals surface area contributed by atoms with Gasteiger partial charge in [-0.2, -0.15) is 9.11 Å². The molecule has 10 nitrogen and oxygen atoms in total. The van der Waals surface area contributed by atoms with Crippen molar-refractivity contribution in [2.75, 3.05) is 5.23 Å². The van der Waals surface area contributed by atoms with Crippen molar-refractivity contribution in [1.29, 1.82) is 5.41 Å². The fraction of sp³-hybridized carbons (Fsp3) is 0.0476. The van der Waals surface area contributed by atoms with E-state index in [1.54, 1.807) is 19.1 Å². The average molecular weight is 476 g/mol. The molecule has 2 aromatic carbocycles. The molecule has 33 heavy (non-hydrogen) atoms. The third-order valence-corrected chi connectivity index (χ3v) is 5.90. The number of hydrogen-bond donors (Lipinski definition) is 4. The Morgan fingerprint density at radius 3 is 2.12 bits per heavy atom. The van der Waals surface area contributed by atoms with Crippen LogP contribution in [0.1, 0.15) is 5.56 Å². The van der Waals surface area contributed by atoms with Crippen molar-refractivity contribution < 1.29 is 48.1 Å². The Kier molecular flexibility index (Phi) is 6.80. The Labute approximate surface area is 208 Å². The van der Waals surface area contributed by atoms with E-state index < -0.39 is 42.0 Å². The largest absolute Gasteiger partial charge is 1.00 e. The first-order valence-electron chi connectivity index (χ1n) is 9.09. The van der Waals surface area contributed by atoms with E-state index in [4.69, 9.17) is 5.41 Å². The van der Waals surface area contributed by atoms with E-state index in [1.807, 2.05) is 0 Å². The van der Waals surface area contributed by atoms with Crippen molar-refractivity contribution in [2.45, 2.75) is 11.8 Å². The third kappa shape index (κ3) is 4.33. The average Bonchev–Trinajstić information content (AvgIpc) is 2.73. The molecule has 0 bridgehead atoms. The van der Waals surface area contributed by atoms with Crippen molar-refractivity contribution in [1.82, 2.24) is 0 Å². The summed E-state index contributed by atoms with van der Waals surface area (Å²) in [5.74, 6) is 0. The van der Waals surface area contributed by atoms with Gasteiger partial charge in [0.05, 0.1) is 27.2 Å². The van der Waals surface area contributed by atoms with E-state index in [9.17, 15) is 33.3 Å². The summed E-state index contributed by atoms with van der Waals surface area (Å²) in [6.07, 6.45) is 0. The second-order valence-electron chi connectivity index (χ2n) is 7.10. The van der Waals surface area contributed by atoms with Crippen molar-refractivity contribution in [3.63, 3.8) is 0 Å². The fourth-order valence-corrected chi connectivity index (χ4v) is 4.19. The van der Waals surface area contributed by atoms with Gasteiger partial charge < -0.3 is 10.4 Å². The molecule has 12 heteroatoms. The van der Waals surface area contributed by atoms with Crippen LogP contribution in [0.2, 0.25) is 0 Å². The molecule has 0 spiro atoms. The van der Waals surface area contributed by atoms with Crippen LogP contribution >= 0.6 is 0 Å². The number of hydrogen-bond acceptors (Lipinski definition) is 8. The number of nitrogens with one attached hydrogen (secondary N) is 1. The molecule has 0 saturated carbocycles. The van der Waals surface area contributed by atoms with Gasteiger partial charge in [-0.1, -0.05) is 30.3 Å². The molecule has 0 unspecified atom stereocenters. The molecule has 2 aliphatic rings. The molecular formula is C21H15N3NaO7S+. The van der Waals surface area contributed by atoms with Crippen LogP contribution in [0, 0.1) is 28.0 Å². The number of fused-ring (bicyclic) bond motifs is 1. The van der Waals surface area contributed by atoms with Gasteiger partial charge in [0, 0.05) is 16.8 Å². The predicted octanol–water partition coefficient (Wildman–Crippen LogP) is -1.32. The Balaban J connectivity index is 0.00000306. The van der Waals surface area contributed by atoms with Gasteiger partial charge >= 0.3 is 40.1 Å². The molecule has 0 amide bonds. The summed E-state index contributed by atoms with van der Waals surface area (Å²) in [5.41, 5.74) is -1.18. The monoisotopic (exact) mass is 476 g/mol. The van der Waals surface area contributed by atoms with Gasteiger partial charge in [0.15, 0.2) is 10.9 Å². The third-order valence-electron chi connectivity index (χ3n) is 5.01. The van der Waals surface area contributed by atoms with E-state index in [1.165, 1.54) is 30.3 Å². The Bertz CT molecular complexity index is 1740. The van der Waals surface area contributed by atoms with Crippen LogP contribution in [0.4, 0.5) is 11.4 Å². The van der Waals surface area contributed by atoms with E-state index in [2.05, 4.69) is 4.99 Å². The summed E-state index contributed by atoms with van der Waals surface area (Å²) in [7, 11) is -4.72. The molecule has 162 valence electrons. The normalized spacial score (nSPS) is 12.2. The molecule has 0 aliphatic heterocycles. The summed E-state index contributed by atoms with van der Waals surface area (Å²) in [4.78, 5) is 29.7. The maximum absolute atomic E-state index is 13.2. The molecule has 2 aliphatic carbocycles. The molecular weight excluding hydrogens is 461 g/mol. The van der Waals surface area contributed by atoms with Crippen molar-refractivity contribution >= 4 is 32.6 Å². The molecule has 0 atom stereocenters. The molecule has 0 heterocycles. The number of anilines is 1. The minimum absolute atomic E-state index is 0. The number of benzene rings is 2. The zero-order valence-corrected chi connectivity index (χ0v) is 20.2. The number of nitrogens with zero attached hydrogens (tertiary/aromatic N) is 2. The van der Waals surface area contributed by atoms with Gasteiger partial charge in [-0.3, -0.25) is 20.2 Å². The first kappa shape index (κ1) is 25.0. The minimum Gasteiger partial charge on any atom is -0.733 e. The molecule has 0 radical (unpaired) electrons. The quantitative estimate of drug-likeness (QED) is 0.160. The van der Waals surface area contributed by atoms with E-state index in [-0.39, 0.29) is 62.3 Å². The second-order valence-corrected chi connectivity index (χ2v) is 8.53. The Morgan fingerprint density at radius 1 is 1.00 bits per heavy atom. The smallest absolute Gasteiger partial charge is 0.733 e. The maximum Gasteiger partial charge on any atom is 1.00 e. The van der Waals surface area contributed by atoms with Crippen molar-refractivity contribution in [2.24, 2.45) is 4.99 Å². The van der Waals surface area contributed by atoms with Gasteiger partial charge in [-0.15, -0.1) is 0 Å². The van der Waals surface area contributed by atoms with Crippen LogP contribution in [0.3, 0.4) is 0 Å². The molecule has 0 saturated heterocycles. The summed E-state index contributed by atoms with van der Waals surface area (Å²) in [5, 5.41) is 27.0. The van der Waals surface area contributed by atoms with Crippen LogP contribution in [-0.4, -0.2) is 14.3 Å². The molecule has 4 N–H and O–H groups in total. The van der Waals surface area contributed by atoms with E-state index in [0.717, 1.165) is 6.07 Å². The molecule has 4 rings (SSSR count). The number of rotatable bonds is 3. The van der Waals surface area contributed by atoms with Gasteiger partial charge in [-0.05, 0) is 28.8 Å². The summed E-state index contributed by atoms with van der Waals surface area (Å²) in [6.45, 7) is 1.66. The molecule has 0 fully saturated rings. The van der Waals surface area contributed by atoms with E-state index in [0.29, 0.717) is 5.56 Å². The first-order chi connectivity index (χ1) is 15.0. The van der Waals surface area contributed by atoms with Crippen molar-refractivity contribution in [3.8, 4) is 0 Å². The summed E-state index contributed by atoms with van der Waals surface area (Å²) >= 11 is 0. The van der Waals surface area contributed by atoms with E-state index >= 15 is 0 Å². The molecule has 2 aromatic rings. The van der Waals surface area contributed by atoms with Gasteiger partial charge in [-0.25, -0.2) is 4.99 Å². The Hall–Kier alpha value is -2.61. The first-order valence-corrected chi connectivity index (χ1v) is 10.6. The van der Waals surface area contributed by atoms with Crippen LogP contribution in [0.5, 0.6) is 0 Å². The molecule has 0 aromatic heterocycles. The van der Waals surface area contributed by atoms with Crippen molar-refractivity contribution in [3.05, 3.63) is 101 Å². The van der Waals surface area contributed by atoms with Crippen LogP contribution in [-0.2, 0) is 14.7 Å². The zero-order chi connectivity index (χ0) is 23.4. The standard InChI is InChI=1S/C21H15N3O7S.Na/c1-10-6-7-13(15(8-10)24(27)28)23-14-9-16(32(29,30)31)19(22)18-17(14)20(25)11-4-2-3-5-12(11)21(18)26;/h2-9,22,27H,1H3,(H2,29,30,31);/q;+1. The Morgan fingerprint density at radius 2 is 1.58 bits per heavy atom. The maximum atomic E-state index is 13.2. The predicted molar refractivity (Wildman–Crippen MR) is 116 cm³/mol. The van der Waals surface area contributed by atoms with Crippen LogP contribution in [0.25, 0.3) is 10.8 Å². The summed E-state index contributed by atoms with van der Waals surface area (Å²) in [6, 6.07) is 11.0. The van der Waals surface area contributed by atoms with Gasteiger partial charge in [0.1, 0.15) is 5.36 Å². The number of aryl methyl sites for hydroxylation is 1. The topological polar surface area (TPSA) is 174 Å². The zero-order valence-electron chi connectivity index (χ0n) is 17.4. The van der Waals surface area contributed by atoms with Crippen LogP contribution in [0.15, 0.2) is 68.0 Å². The minimum atomic E-state index is -4.72. The van der Waals surface area contributed by atoms with Gasteiger partial charge in [0.2, 0.25) is 0 Å². The second kappa shape index (κ2) is 8.97. The SMILES string of the molecule is Cc1ccc(N=c2cc([S+](=O)(O)O)c(=N)c3c(=O)c4ccccc4c(=O)c2=3)c(N([O-])O)c1.[Na+]. The summed E-state index contributed by atoms with van der Waals surface area (Å²) < 4.78 is 31.4.